The van der Waals surface area contributed by atoms with Crippen LogP contribution < -0.4 is 4.90 Å². The maximum atomic E-state index is 12.6. The summed E-state index contributed by atoms with van der Waals surface area (Å²) < 4.78 is 0. The fraction of sp³-hybridized carbons (Fsp3) is 0.353. The van der Waals surface area contributed by atoms with E-state index in [-0.39, 0.29) is 5.91 Å². The molecule has 1 aromatic heterocycles. The third-order valence-corrected chi connectivity index (χ3v) is 4.92. The van der Waals surface area contributed by atoms with Gasteiger partial charge in [0.05, 0.1) is 18.2 Å². The molecule has 0 spiro atoms. The van der Waals surface area contributed by atoms with E-state index in [4.69, 9.17) is 5.26 Å². The molecular weight excluding hydrogens is 308 g/mol. The third-order valence-electron chi connectivity index (χ3n) is 3.90. The second-order valence-corrected chi connectivity index (χ2v) is 6.42. The number of carbonyl (C=O) groups excluding carboxylic acids is 1. The first-order chi connectivity index (χ1) is 11.2. The zero-order chi connectivity index (χ0) is 16.2. The zero-order valence-corrected chi connectivity index (χ0v) is 13.8. The molecule has 1 amide bonds. The van der Waals surface area contributed by atoms with Gasteiger partial charge in [-0.2, -0.15) is 5.26 Å². The Kier molecular flexibility index (Phi) is 4.58. The maximum absolute atomic E-state index is 12.6. The van der Waals surface area contributed by atoms with Crippen LogP contribution in [0.15, 0.2) is 29.6 Å². The van der Waals surface area contributed by atoms with Gasteiger partial charge in [0.2, 0.25) is 0 Å². The SMILES string of the molecule is Cc1csc(N2CCN(C(=O)c3cccc(CC#N)c3)CC2)n1. The predicted octanol–water partition coefficient (Wildman–Crippen LogP) is 2.48. The number of piperazine rings is 1. The van der Waals surface area contributed by atoms with Gasteiger partial charge in [-0.1, -0.05) is 12.1 Å². The summed E-state index contributed by atoms with van der Waals surface area (Å²) in [6.45, 7) is 4.99. The average molecular weight is 326 g/mol. The Morgan fingerprint density at radius 1 is 1.35 bits per heavy atom. The van der Waals surface area contributed by atoms with E-state index in [0.29, 0.717) is 25.1 Å². The molecule has 3 rings (SSSR count). The van der Waals surface area contributed by atoms with Crippen molar-refractivity contribution in [1.29, 1.82) is 5.26 Å². The van der Waals surface area contributed by atoms with Crippen molar-refractivity contribution in [2.45, 2.75) is 13.3 Å². The maximum Gasteiger partial charge on any atom is 0.253 e. The van der Waals surface area contributed by atoms with Crippen molar-refractivity contribution in [3.8, 4) is 6.07 Å². The second-order valence-electron chi connectivity index (χ2n) is 5.59. The normalized spacial score (nSPS) is 14.6. The summed E-state index contributed by atoms with van der Waals surface area (Å²) in [5.41, 5.74) is 2.59. The van der Waals surface area contributed by atoms with Crippen molar-refractivity contribution in [1.82, 2.24) is 9.88 Å². The fourth-order valence-corrected chi connectivity index (χ4v) is 3.53. The summed E-state index contributed by atoms with van der Waals surface area (Å²) in [5, 5.41) is 11.9. The number of aryl methyl sites for hydroxylation is 1. The van der Waals surface area contributed by atoms with Gasteiger partial charge in [0, 0.05) is 37.1 Å². The molecule has 1 aromatic carbocycles. The Morgan fingerprint density at radius 2 is 2.13 bits per heavy atom. The topological polar surface area (TPSA) is 60.2 Å². The molecule has 0 aliphatic carbocycles. The number of carbonyl (C=O) groups is 1. The monoisotopic (exact) mass is 326 g/mol. The molecule has 0 unspecified atom stereocenters. The van der Waals surface area contributed by atoms with E-state index in [1.54, 1.807) is 11.3 Å². The number of hydrogen-bond donors (Lipinski definition) is 0. The molecule has 1 aliphatic rings. The lowest BCUT2D eigenvalue weighted by Gasteiger charge is -2.34. The number of aromatic nitrogens is 1. The Labute approximate surface area is 139 Å². The molecule has 0 atom stereocenters. The van der Waals surface area contributed by atoms with Crippen molar-refractivity contribution in [3.63, 3.8) is 0 Å². The van der Waals surface area contributed by atoms with Crippen LogP contribution in [0.5, 0.6) is 0 Å². The van der Waals surface area contributed by atoms with E-state index in [1.807, 2.05) is 41.5 Å². The molecule has 1 aliphatic heterocycles. The quantitative estimate of drug-likeness (QED) is 0.869. The Bertz CT molecular complexity index is 741. The first-order valence-electron chi connectivity index (χ1n) is 7.59. The first kappa shape index (κ1) is 15.5. The highest BCUT2D eigenvalue weighted by Crippen LogP contribution is 2.22. The van der Waals surface area contributed by atoms with Crippen molar-refractivity contribution < 1.29 is 4.79 Å². The standard InChI is InChI=1S/C17H18N4OS/c1-13-12-23-17(19-13)21-9-7-20(8-10-21)16(22)15-4-2-3-14(11-15)5-6-18/h2-4,11-12H,5,7-10H2,1H3. The average Bonchev–Trinajstić information content (AvgIpc) is 3.01. The number of rotatable bonds is 3. The van der Waals surface area contributed by atoms with Gasteiger partial charge >= 0.3 is 0 Å². The minimum Gasteiger partial charge on any atom is -0.345 e. The van der Waals surface area contributed by atoms with E-state index in [2.05, 4.69) is 16.0 Å². The van der Waals surface area contributed by atoms with Gasteiger partial charge in [-0.05, 0) is 24.6 Å². The van der Waals surface area contributed by atoms with Crippen LogP contribution in [0.4, 0.5) is 5.13 Å². The van der Waals surface area contributed by atoms with Crippen LogP contribution in [0.3, 0.4) is 0 Å². The predicted molar refractivity (Wildman–Crippen MR) is 90.7 cm³/mol. The summed E-state index contributed by atoms with van der Waals surface area (Å²) in [4.78, 5) is 21.2. The molecule has 2 aromatic rings. The van der Waals surface area contributed by atoms with Crippen LogP contribution in [0, 0.1) is 18.3 Å². The number of thiazole rings is 1. The summed E-state index contributed by atoms with van der Waals surface area (Å²) >= 11 is 1.65. The van der Waals surface area contributed by atoms with Gasteiger partial charge in [0.25, 0.3) is 5.91 Å². The van der Waals surface area contributed by atoms with Crippen LogP contribution in [0.2, 0.25) is 0 Å². The van der Waals surface area contributed by atoms with Gasteiger partial charge in [0.1, 0.15) is 0 Å². The highest BCUT2D eigenvalue weighted by Gasteiger charge is 2.23. The highest BCUT2D eigenvalue weighted by atomic mass is 32.1. The number of nitrogens with zero attached hydrogens (tertiary/aromatic N) is 4. The molecule has 23 heavy (non-hydrogen) atoms. The lowest BCUT2D eigenvalue weighted by molar-refractivity contribution is 0.0746. The Morgan fingerprint density at radius 3 is 2.78 bits per heavy atom. The smallest absolute Gasteiger partial charge is 0.253 e. The van der Waals surface area contributed by atoms with Gasteiger partial charge < -0.3 is 9.80 Å². The molecule has 6 heteroatoms. The van der Waals surface area contributed by atoms with Gasteiger partial charge in [-0.3, -0.25) is 4.79 Å². The number of benzene rings is 1. The van der Waals surface area contributed by atoms with Crippen molar-refractivity contribution in [2.24, 2.45) is 0 Å². The number of hydrogen-bond acceptors (Lipinski definition) is 5. The lowest BCUT2D eigenvalue weighted by Crippen LogP contribution is -2.48. The van der Waals surface area contributed by atoms with Gasteiger partial charge in [0.15, 0.2) is 5.13 Å². The van der Waals surface area contributed by atoms with Gasteiger partial charge in [-0.15, -0.1) is 11.3 Å². The fourth-order valence-electron chi connectivity index (χ4n) is 2.68. The Balaban J connectivity index is 1.64. The molecule has 118 valence electrons. The van der Waals surface area contributed by atoms with Crippen molar-refractivity contribution in [2.75, 3.05) is 31.1 Å². The summed E-state index contributed by atoms with van der Waals surface area (Å²) in [7, 11) is 0. The van der Waals surface area contributed by atoms with Crippen LogP contribution in [0.1, 0.15) is 21.6 Å². The van der Waals surface area contributed by atoms with Crippen LogP contribution in [-0.4, -0.2) is 42.0 Å². The minimum absolute atomic E-state index is 0.0414. The van der Waals surface area contributed by atoms with Gasteiger partial charge in [-0.25, -0.2) is 4.98 Å². The Hall–Kier alpha value is -2.39. The zero-order valence-electron chi connectivity index (χ0n) is 13.0. The summed E-state index contributed by atoms with van der Waals surface area (Å²) in [6.07, 6.45) is 0.332. The number of amides is 1. The first-order valence-corrected chi connectivity index (χ1v) is 8.47. The number of anilines is 1. The molecule has 1 fully saturated rings. The summed E-state index contributed by atoms with van der Waals surface area (Å²) in [5.74, 6) is 0.0414. The van der Waals surface area contributed by atoms with E-state index < -0.39 is 0 Å². The molecule has 0 saturated carbocycles. The third kappa shape index (κ3) is 3.51. The van der Waals surface area contributed by atoms with Crippen LogP contribution >= 0.6 is 11.3 Å². The molecule has 0 bridgehead atoms. The van der Waals surface area contributed by atoms with E-state index in [1.165, 1.54) is 0 Å². The second kappa shape index (κ2) is 6.80. The largest absolute Gasteiger partial charge is 0.345 e. The minimum atomic E-state index is 0.0414. The molecule has 0 radical (unpaired) electrons. The molecule has 0 N–H and O–H groups in total. The van der Waals surface area contributed by atoms with E-state index in [9.17, 15) is 4.79 Å². The number of nitriles is 1. The van der Waals surface area contributed by atoms with Crippen molar-refractivity contribution >= 4 is 22.4 Å². The summed E-state index contributed by atoms with van der Waals surface area (Å²) in [6, 6.07) is 9.48. The van der Waals surface area contributed by atoms with Crippen LogP contribution in [-0.2, 0) is 6.42 Å². The molecule has 1 saturated heterocycles. The van der Waals surface area contributed by atoms with E-state index in [0.717, 1.165) is 29.5 Å². The lowest BCUT2D eigenvalue weighted by atomic mass is 10.1. The highest BCUT2D eigenvalue weighted by molar-refractivity contribution is 7.13. The molecule has 2 heterocycles. The van der Waals surface area contributed by atoms with E-state index >= 15 is 0 Å². The molecular formula is C17H18N4OS. The van der Waals surface area contributed by atoms with Crippen molar-refractivity contribution in [3.05, 3.63) is 46.5 Å². The molecule has 5 nitrogen and oxygen atoms in total. The van der Waals surface area contributed by atoms with Crippen LogP contribution in [0.25, 0.3) is 0 Å².